The number of carbonyl (C=O) groups is 1. The van der Waals surface area contributed by atoms with Crippen molar-refractivity contribution >= 4 is 17.7 Å². The largest absolute Gasteiger partial charge is 0.475 e. The summed E-state index contributed by atoms with van der Waals surface area (Å²) in [6.07, 6.45) is -4.15. The fourth-order valence-corrected chi connectivity index (χ4v) is 3.63. The number of carbonyl (C=O) groups excluding carboxylic acids is 1. The van der Waals surface area contributed by atoms with Gasteiger partial charge in [0.1, 0.15) is 24.3 Å². The molecular formula is C24H23F3N4O4. The van der Waals surface area contributed by atoms with E-state index >= 15 is 0 Å². The first kappa shape index (κ1) is 24.4. The summed E-state index contributed by atoms with van der Waals surface area (Å²) in [4.78, 5) is 23.2. The topological polar surface area (TPSA) is 108 Å². The fourth-order valence-electron chi connectivity index (χ4n) is 3.63. The van der Waals surface area contributed by atoms with Gasteiger partial charge < -0.3 is 14.9 Å². The quantitative estimate of drug-likeness (QED) is 0.486. The molecular weight excluding hydrogens is 465 g/mol. The molecule has 11 heteroatoms. The number of hydrogen-bond donors (Lipinski definition) is 3. The second-order valence-corrected chi connectivity index (χ2v) is 7.95. The van der Waals surface area contributed by atoms with Crippen LogP contribution in [0.25, 0.3) is 11.3 Å². The standard InChI is InChI=1S/C24H23F3N4O4/c25-24(26,27)17-6-1-4-16(12-17)19-10-9-15-5-3-11-31(22(15)28-19)23(34)30-20-7-2-8-21(29-20)35-14-18(33)13-32/h1-2,4,6-10,12,18,32-33H,3,5,11,13-14H2,(H,29,30,34)/t18-/m1/s1. The molecule has 0 unspecified atom stereocenters. The molecule has 3 N–H and O–H groups in total. The second-order valence-electron chi connectivity index (χ2n) is 7.95. The number of hydrogen-bond acceptors (Lipinski definition) is 6. The van der Waals surface area contributed by atoms with E-state index < -0.39 is 30.5 Å². The summed E-state index contributed by atoms with van der Waals surface area (Å²) in [6.45, 7) is -0.250. The average Bonchev–Trinajstić information content (AvgIpc) is 2.86. The lowest BCUT2D eigenvalue weighted by Crippen LogP contribution is -2.39. The minimum Gasteiger partial charge on any atom is -0.475 e. The molecule has 0 radical (unpaired) electrons. The van der Waals surface area contributed by atoms with Crippen molar-refractivity contribution in [1.82, 2.24) is 9.97 Å². The first-order chi connectivity index (χ1) is 16.7. The molecule has 4 rings (SSSR count). The number of nitrogens with one attached hydrogen (secondary N) is 1. The zero-order valence-corrected chi connectivity index (χ0v) is 18.5. The first-order valence-electron chi connectivity index (χ1n) is 10.9. The molecule has 0 spiro atoms. The van der Waals surface area contributed by atoms with Crippen molar-refractivity contribution in [1.29, 1.82) is 0 Å². The van der Waals surface area contributed by atoms with E-state index in [4.69, 9.17) is 9.84 Å². The minimum atomic E-state index is -4.47. The summed E-state index contributed by atoms with van der Waals surface area (Å²) < 4.78 is 44.7. The van der Waals surface area contributed by atoms with E-state index in [9.17, 15) is 23.1 Å². The molecule has 2 aromatic heterocycles. The number of benzene rings is 1. The van der Waals surface area contributed by atoms with Gasteiger partial charge in [-0.25, -0.2) is 9.78 Å². The Morgan fingerprint density at radius 2 is 1.94 bits per heavy atom. The highest BCUT2D eigenvalue weighted by Crippen LogP contribution is 2.33. The maximum absolute atomic E-state index is 13.1. The van der Waals surface area contributed by atoms with Gasteiger partial charge in [-0.15, -0.1) is 0 Å². The molecule has 1 aromatic carbocycles. The lowest BCUT2D eigenvalue weighted by molar-refractivity contribution is -0.137. The maximum Gasteiger partial charge on any atom is 0.416 e. The number of urea groups is 1. The lowest BCUT2D eigenvalue weighted by atomic mass is 10.0. The number of rotatable bonds is 6. The van der Waals surface area contributed by atoms with Crippen molar-refractivity contribution < 1.29 is 32.9 Å². The Hall–Kier alpha value is -3.70. The molecule has 3 heterocycles. The number of aliphatic hydroxyl groups excluding tert-OH is 2. The molecule has 8 nitrogen and oxygen atoms in total. The summed E-state index contributed by atoms with van der Waals surface area (Å²) in [5.74, 6) is 0.730. The van der Waals surface area contributed by atoms with Crippen LogP contribution < -0.4 is 15.0 Å². The van der Waals surface area contributed by atoms with Crippen LogP contribution in [0.2, 0.25) is 0 Å². The van der Waals surface area contributed by atoms with Gasteiger partial charge in [-0.3, -0.25) is 10.2 Å². The Labute approximate surface area is 199 Å². The van der Waals surface area contributed by atoms with Crippen LogP contribution in [0.15, 0.2) is 54.6 Å². The molecule has 0 fully saturated rings. The van der Waals surface area contributed by atoms with Gasteiger partial charge in [-0.1, -0.05) is 24.3 Å². The smallest absolute Gasteiger partial charge is 0.416 e. The van der Waals surface area contributed by atoms with Crippen molar-refractivity contribution in [3.63, 3.8) is 0 Å². The van der Waals surface area contributed by atoms with Crippen LogP contribution in [-0.2, 0) is 12.6 Å². The van der Waals surface area contributed by atoms with Crippen LogP contribution in [0, 0.1) is 0 Å². The highest BCUT2D eigenvalue weighted by Gasteiger charge is 2.31. The molecule has 0 bridgehead atoms. The molecule has 0 saturated heterocycles. The van der Waals surface area contributed by atoms with Crippen molar-refractivity contribution in [2.24, 2.45) is 0 Å². The summed E-state index contributed by atoms with van der Waals surface area (Å²) in [5.41, 5.74) is 0.657. The normalized spacial score (nSPS) is 14.3. The number of nitrogens with zero attached hydrogens (tertiary/aromatic N) is 3. The maximum atomic E-state index is 13.1. The van der Waals surface area contributed by atoms with Gasteiger partial charge in [0, 0.05) is 18.2 Å². The summed E-state index contributed by atoms with van der Waals surface area (Å²) >= 11 is 0. The Balaban J connectivity index is 1.55. The number of alkyl halides is 3. The number of ether oxygens (including phenoxy) is 1. The van der Waals surface area contributed by atoms with Gasteiger partial charge in [-0.05, 0) is 42.7 Å². The van der Waals surface area contributed by atoms with Gasteiger partial charge >= 0.3 is 12.2 Å². The molecule has 0 aliphatic carbocycles. The Morgan fingerprint density at radius 3 is 2.71 bits per heavy atom. The van der Waals surface area contributed by atoms with E-state index in [1.165, 1.54) is 11.0 Å². The third-order valence-corrected chi connectivity index (χ3v) is 5.36. The van der Waals surface area contributed by atoms with Crippen molar-refractivity contribution in [3.8, 4) is 17.1 Å². The number of aliphatic hydroxyl groups is 2. The molecule has 1 atom stereocenters. The van der Waals surface area contributed by atoms with Crippen molar-refractivity contribution in [2.75, 3.05) is 30.0 Å². The summed E-state index contributed by atoms with van der Waals surface area (Å²) in [5, 5.41) is 21.0. The number of fused-ring (bicyclic) bond motifs is 1. The molecule has 3 aromatic rings. The first-order valence-corrected chi connectivity index (χ1v) is 10.9. The van der Waals surface area contributed by atoms with Gasteiger partial charge in [0.05, 0.1) is 17.9 Å². The van der Waals surface area contributed by atoms with E-state index in [1.807, 2.05) is 0 Å². The predicted molar refractivity (Wildman–Crippen MR) is 122 cm³/mol. The molecule has 184 valence electrons. The van der Waals surface area contributed by atoms with Crippen LogP contribution in [-0.4, -0.2) is 52.1 Å². The summed E-state index contributed by atoms with van der Waals surface area (Å²) in [7, 11) is 0. The lowest BCUT2D eigenvalue weighted by Gasteiger charge is -2.28. The molecule has 35 heavy (non-hydrogen) atoms. The van der Waals surface area contributed by atoms with Gasteiger partial charge in [0.2, 0.25) is 5.88 Å². The minimum absolute atomic E-state index is 0.152. The van der Waals surface area contributed by atoms with E-state index in [2.05, 4.69) is 15.3 Å². The SMILES string of the molecule is O=C(Nc1cccc(OC[C@H](O)CO)n1)N1CCCc2ccc(-c3cccc(C(F)(F)F)c3)nc21. The number of halogens is 3. The average molecular weight is 488 g/mol. The third kappa shape index (κ3) is 5.87. The number of amides is 2. The van der Waals surface area contributed by atoms with Crippen LogP contribution in [0.5, 0.6) is 5.88 Å². The number of anilines is 2. The van der Waals surface area contributed by atoms with Crippen LogP contribution in [0.1, 0.15) is 17.5 Å². The van der Waals surface area contributed by atoms with E-state index in [0.717, 1.165) is 17.7 Å². The fraction of sp³-hybridized carbons (Fsp3) is 0.292. The molecule has 1 aliphatic rings. The van der Waals surface area contributed by atoms with Gasteiger partial charge in [0.25, 0.3) is 0 Å². The molecule has 1 aliphatic heterocycles. The molecule has 0 saturated carbocycles. The highest BCUT2D eigenvalue weighted by molar-refractivity contribution is 6.01. The molecule has 2 amide bonds. The second kappa shape index (κ2) is 10.3. The zero-order chi connectivity index (χ0) is 25.0. The van der Waals surface area contributed by atoms with Gasteiger partial charge in [-0.2, -0.15) is 18.2 Å². The Kier molecular flexibility index (Phi) is 7.17. The van der Waals surface area contributed by atoms with Gasteiger partial charge in [0.15, 0.2) is 0 Å². The van der Waals surface area contributed by atoms with Crippen LogP contribution >= 0.6 is 0 Å². The Bertz CT molecular complexity index is 1210. The third-order valence-electron chi connectivity index (χ3n) is 5.36. The van der Waals surface area contributed by atoms with E-state index in [1.54, 1.807) is 36.4 Å². The van der Waals surface area contributed by atoms with Crippen molar-refractivity contribution in [3.05, 3.63) is 65.7 Å². The predicted octanol–water partition coefficient (Wildman–Crippen LogP) is 3.88. The Morgan fingerprint density at radius 1 is 1.14 bits per heavy atom. The van der Waals surface area contributed by atoms with Crippen molar-refractivity contribution in [2.45, 2.75) is 25.1 Å². The van der Waals surface area contributed by atoms with Crippen LogP contribution in [0.4, 0.5) is 29.6 Å². The summed E-state index contributed by atoms with van der Waals surface area (Å²) in [6, 6.07) is 12.5. The van der Waals surface area contributed by atoms with E-state index in [-0.39, 0.29) is 18.3 Å². The van der Waals surface area contributed by atoms with E-state index in [0.29, 0.717) is 36.5 Å². The number of aromatic nitrogens is 2. The highest BCUT2D eigenvalue weighted by atomic mass is 19.4. The number of pyridine rings is 2. The number of aryl methyl sites for hydroxylation is 1. The zero-order valence-electron chi connectivity index (χ0n) is 18.5. The van der Waals surface area contributed by atoms with Crippen LogP contribution in [0.3, 0.4) is 0 Å². The monoisotopic (exact) mass is 488 g/mol.